The quantitative estimate of drug-likeness (QED) is 0.801. The van der Waals surface area contributed by atoms with Crippen molar-refractivity contribution >= 4 is 11.8 Å². The van der Waals surface area contributed by atoms with Gasteiger partial charge in [0.25, 0.3) is 0 Å². The van der Waals surface area contributed by atoms with E-state index in [0.717, 1.165) is 34.8 Å². The van der Waals surface area contributed by atoms with Crippen molar-refractivity contribution < 1.29 is 14.6 Å². The molecule has 0 atom stereocenters. The number of hydrogen-bond donors (Lipinski definition) is 1. The molecule has 3 nitrogen and oxygen atoms in total. The molecule has 1 aromatic rings. The van der Waals surface area contributed by atoms with Crippen LogP contribution in [0.2, 0.25) is 0 Å². The fourth-order valence-corrected chi connectivity index (χ4v) is 2.68. The van der Waals surface area contributed by atoms with Gasteiger partial charge in [-0.25, -0.2) is 0 Å². The molecule has 1 N–H and O–H groups in total. The van der Waals surface area contributed by atoms with Crippen LogP contribution in [-0.2, 0) is 5.60 Å². The Morgan fingerprint density at radius 3 is 2.38 bits per heavy atom. The molecule has 0 bridgehead atoms. The Balaban J connectivity index is 2.09. The normalized spacial score (nSPS) is 20.6. The number of ether oxygens (including phenoxy) is 2. The number of fused-ring (bicyclic) bond motifs is 1. The van der Waals surface area contributed by atoms with Crippen LogP contribution in [0.15, 0.2) is 17.0 Å². The van der Waals surface area contributed by atoms with Gasteiger partial charge in [0.2, 0.25) is 0 Å². The second-order valence-corrected chi connectivity index (χ2v) is 5.08. The lowest BCUT2D eigenvalue weighted by molar-refractivity contribution is 0.144. The first kappa shape index (κ1) is 10.3. The van der Waals surface area contributed by atoms with Gasteiger partial charge in [0.05, 0.1) is 5.60 Å². The monoisotopic (exact) mass is 238 g/mol. The molecule has 86 valence electrons. The highest BCUT2D eigenvalue weighted by molar-refractivity contribution is 7.98. The van der Waals surface area contributed by atoms with Crippen molar-refractivity contribution in [2.45, 2.75) is 23.3 Å². The summed E-state index contributed by atoms with van der Waals surface area (Å²) in [5.74, 6) is 1.56. The highest BCUT2D eigenvalue weighted by Gasteiger charge is 2.44. The minimum absolute atomic E-state index is 0.587. The number of hydrogen-bond acceptors (Lipinski definition) is 4. The zero-order valence-electron chi connectivity index (χ0n) is 9.16. The molecule has 0 saturated heterocycles. The van der Waals surface area contributed by atoms with Crippen molar-refractivity contribution in [1.82, 2.24) is 0 Å². The largest absolute Gasteiger partial charge is 0.486 e. The highest BCUT2D eigenvalue weighted by atomic mass is 32.2. The highest BCUT2D eigenvalue weighted by Crippen LogP contribution is 2.51. The Kier molecular flexibility index (Phi) is 2.30. The molecule has 0 radical (unpaired) electrons. The second-order valence-electron chi connectivity index (χ2n) is 4.23. The number of rotatable bonds is 2. The Hall–Kier alpha value is -0.870. The third kappa shape index (κ3) is 1.57. The molecule has 0 amide bonds. The molecule has 2 aliphatic rings. The van der Waals surface area contributed by atoms with Crippen molar-refractivity contribution in [3.63, 3.8) is 0 Å². The minimum atomic E-state index is -0.617. The molecule has 3 rings (SSSR count). The zero-order valence-corrected chi connectivity index (χ0v) is 9.97. The van der Waals surface area contributed by atoms with Crippen molar-refractivity contribution in [2.24, 2.45) is 0 Å². The van der Waals surface area contributed by atoms with E-state index in [1.807, 2.05) is 18.4 Å². The lowest BCUT2D eigenvalue weighted by Crippen LogP contribution is -2.17. The topological polar surface area (TPSA) is 38.7 Å². The molecule has 1 fully saturated rings. The van der Waals surface area contributed by atoms with Gasteiger partial charge >= 0.3 is 0 Å². The number of thioether (sulfide) groups is 1. The maximum atomic E-state index is 10.2. The first-order valence-corrected chi connectivity index (χ1v) is 6.66. The number of benzene rings is 1. The third-order valence-corrected chi connectivity index (χ3v) is 3.87. The summed E-state index contributed by atoms with van der Waals surface area (Å²) in [6, 6.07) is 3.91. The Morgan fingerprint density at radius 2 is 1.81 bits per heavy atom. The number of aliphatic hydroxyl groups is 1. The lowest BCUT2D eigenvalue weighted by atomic mass is 10.1. The van der Waals surface area contributed by atoms with E-state index < -0.39 is 5.60 Å². The Morgan fingerprint density at radius 1 is 1.19 bits per heavy atom. The van der Waals surface area contributed by atoms with E-state index in [-0.39, 0.29) is 0 Å². The van der Waals surface area contributed by atoms with Crippen LogP contribution in [0.1, 0.15) is 18.4 Å². The molecular weight excluding hydrogens is 224 g/mol. The zero-order chi connectivity index (χ0) is 11.2. The average Bonchev–Trinajstić information content (AvgIpc) is 3.07. The van der Waals surface area contributed by atoms with Crippen LogP contribution in [0.25, 0.3) is 0 Å². The average molecular weight is 238 g/mol. The lowest BCUT2D eigenvalue weighted by Gasteiger charge is -2.22. The summed E-state index contributed by atoms with van der Waals surface area (Å²) in [6.07, 6.45) is 3.71. The molecule has 1 aliphatic heterocycles. The maximum Gasteiger partial charge on any atom is 0.162 e. The maximum absolute atomic E-state index is 10.2. The summed E-state index contributed by atoms with van der Waals surface area (Å²) >= 11 is 1.64. The minimum Gasteiger partial charge on any atom is -0.486 e. The molecule has 0 spiro atoms. The van der Waals surface area contributed by atoms with Gasteiger partial charge in [0.1, 0.15) is 13.2 Å². The van der Waals surface area contributed by atoms with Crippen molar-refractivity contribution in [1.29, 1.82) is 0 Å². The summed E-state index contributed by atoms with van der Waals surface area (Å²) < 4.78 is 11.1. The SMILES string of the molecule is CSc1cc2c(cc1C1(O)CC1)OCCO2. The van der Waals surface area contributed by atoms with Gasteiger partial charge in [-0.2, -0.15) is 0 Å². The van der Waals surface area contributed by atoms with Crippen LogP contribution in [0, 0.1) is 0 Å². The summed E-state index contributed by atoms with van der Waals surface area (Å²) in [7, 11) is 0. The molecule has 0 aromatic heterocycles. The van der Waals surface area contributed by atoms with Crippen LogP contribution < -0.4 is 9.47 Å². The summed E-state index contributed by atoms with van der Waals surface area (Å²) in [5, 5.41) is 10.2. The van der Waals surface area contributed by atoms with Gasteiger partial charge in [-0.1, -0.05) is 0 Å². The fourth-order valence-electron chi connectivity index (χ4n) is 1.99. The predicted molar refractivity (Wildman–Crippen MR) is 62.3 cm³/mol. The molecule has 1 aliphatic carbocycles. The molecular formula is C12H14O3S. The third-order valence-electron chi connectivity index (χ3n) is 3.09. The predicted octanol–water partition coefficient (Wildman–Crippen LogP) is 2.16. The van der Waals surface area contributed by atoms with Gasteiger partial charge in [-0.15, -0.1) is 11.8 Å². The van der Waals surface area contributed by atoms with Gasteiger partial charge in [-0.05, 0) is 31.2 Å². The summed E-state index contributed by atoms with van der Waals surface area (Å²) in [5.41, 5.74) is 0.373. The smallest absolute Gasteiger partial charge is 0.162 e. The standard InChI is InChI=1S/C12H14O3S/c1-16-11-7-10-9(14-4-5-15-10)6-8(11)12(13)2-3-12/h6-7,13H,2-5H2,1H3. The van der Waals surface area contributed by atoms with E-state index in [4.69, 9.17) is 9.47 Å². The summed E-state index contributed by atoms with van der Waals surface area (Å²) in [4.78, 5) is 1.09. The van der Waals surface area contributed by atoms with Crippen molar-refractivity contribution in [3.8, 4) is 11.5 Å². The molecule has 0 unspecified atom stereocenters. The molecule has 16 heavy (non-hydrogen) atoms. The first-order chi connectivity index (χ1) is 7.73. The van der Waals surface area contributed by atoms with Crippen LogP contribution >= 0.6 is 11.8 Å². The second kappa shape index (κ2) is 3.57. The van der Waals surface area contributed by atoms with Gasteiger partial charge in [-0.3, -0.25) is 0 Å². The Bertz CT molecular complexity index is 427. The van der Waals surface area contributed by atoms with Crippen LogP contribution in [-0.4, -0.2) is 24.6 Å². The fraction of sp³-hybridized carbons (Fsp3) is 0.500. The van der Waals surface area contributed by atoms with E-state index >= 15 is 0 Å². The van der Waals surface area contributed by atoms with E-state index in [2.05, 4.69) is 0 Å². The van der Waals surface area contributed by atoms with E-state index in [0.29, 0.717) is 13.2 Å². The first-order valence-electron chi connectivity index (χ1n) is 5.43. The molecule has 1 saturated carbocycles. The Labute approximate surface area is 98.8 Å². The molecule has 1 aromatic carbocycles. The van der Waals surface area contributed by atoms with E-state index in [1.165, 1.54) is 0 Å². The van der Waals surface area contributed by atoms with Gasteiger partial charge in [0.15, 0.2) is 11.5 Å². The van der Waals surface area contributed by atoms with Crippen LogP contribution in [0.5, 0.6) is 11.5 Å². The van der Waals surface area contributed by atoms with E-state index in [9.17, 15) is 5.11 Å². The molecule has 4 heteroatoms. The summed E-state index contributed by atoms with van der Waals surface area (Å²) in [6.45, 7) is 1.19. The molecule has 1 heterocycles. The van der Waals surface area contributed by atoms with Crippen LogP contribution in [0.4, 0.5) is 0 Å². The van der Waals surface area contributed by atoms with Crippen molar-refractivity contribution in [2.75, 3.05) is 19.5 Å². The van der Waals surface area contributed by atoms with Gasteiger partial charge < -0.3 is 14.6 Å². The van der Waals surface area contributed by atoms with Gasteiger partial charge in [0, 0.05) is 10.5 Å². The van der Waals surface area contributed by atoms with Crippen LogP contribution in [0.3, 0.4) is 0 Å². The van der Waals surface area contributed by atoms with E-state index in [1.54, 1.807) is 11.8 Å². The van der Waals surface area contributed by atoms with Crippen molar-refractivity contribution in [3.05, 3.63) is 17.7 Å².